The molecule has 0 N–H and O–H groups in total. The van der Waals surface area contributed by atoms with Crippen LogP contribution in [0.3, 0.4) is 0 Å². The third kappa shape index (κ3) is 9.20. The van der Waals surface area contributed by atoms with Gasteiger partial charge in [-0.1, -0.05) is 0 Å². The highest BCUT2D eigenvalue weighted by Gasteiger charge is 2.43. The predicted molar refractivity (Wildman–Crippen MR) is 35.5 cm³/mol. The number of hydrogen-bond donors (Lipinski definition) is 0. The minimum Gasteiger partial charge on any atom is -0.303 e. The van der Waals surface area contributed by atoms with Gasteiger partial charge in [0.25, 0.3) is 0 Å². The van der Waals surface area contributed by atoms with E-state index < -0.39 is 5.92 Å². The van der Waals surface area contributed by atoms with Crippen molar-refractivity contribution in [2.45, 2.75) is 32.1 Å². The van der Waals surface area contributed by atoms with Gasteiger partial charge >= 0.3 is 0 Å². The molecule has 0 heterocycles. The van der Waals surface area contributed by atoms with Crippen molar-refractivity contribution in [1.29, 1.82) is 0 Å². The van der Waals surface area contributed by atoms with Gasteiger partial charge in [0.15, 0.2) is 0 Å². The van der Waals surface area contributed by atoms with E-state index in [1.807, 2.05) is 0 Å². The predicted octanol–water partition coefficient (Wildman–Crippen LogP) is 1.58. The fraction of sp³-hybridized carbons (Fsp3) is 0.714. The van der Waals surface area contributed by atoms with Gasteiger partial charge in [-0.3, -0.25) is 4.79 Å². The lowest BCUT2D eigenvalue weighted by atomic mass is 10.3. The minimum atomic E-state index is -2.25. The monoisotopic (exact) mass is 164 g/mol. The average molecular weight is 164 g/mol. The summed E-state index contributed by atoms with van der Waals surface area (Å²) in [6.07, 6.45) is 0.891. The van der Waals surface area contributed by atoms with E-state index in [4.69, 9.17) is 0 Å². The fourth-order valence-corrected chi connectivity index (χ4v) is 0.212. The van der Waals surface area contributed by atoms with Gasteiger partial charge in [0.05, 0.1) is 6.42 Å². The van der Waals surface area contributed by atoms with Gasteiger partial charge in [0, 0.05) is 12.8 Å². The number of ketones is 1. The van der Waals surface area contributed by atoms with E-state index in [0.717, 1.165) is 0 Å². The van der Waals surface area contributed by atoms with E-state index in [0.29, 0.717) is 6.29 Å². The third-order valence-corrected chi connectivity index (χ3v) is 0.999. The van der Waals surface area contributed by atoms with E-state index >= 15 is 0 Å². The van der Waals surface area contributed by atoms with Crippen LogP contribution < -0.4 is 0 Å². The Balaban J connectivity index is 0.000000183. The molecule has 11 heavy (non-hydrogen) atoms. The van der Waals surface area contributed by atoms with Crippen LogP contribution in [0, 0.1) is 0 Å². The van der Waals surface area contributed by atoms with E-state index in [1.54, 1.807) is 0 Å². The lowest BCUT2D eigenvalue weighted by molar-refractivity contribution is -0.120. The van der Waals surface area contributed by atoms with Crippen LogP contribution in [0.15, 0.2) is 0 Å². The summed E-state index contributed by atoms with van der Waals surface area (Å²) < 4.78 is 22.3. The van der Waals surface area contributed by atoms with Crippen LogP contribution in [0.2, 0.25) is 0 Å². The molecular weight excluding hydrogens is 154 g/mol. The first-order valence-corrected chi connectivity index (χ1v) is 3.29. The van der Waals surface area contributed by atoms with Gasteiger partial charge in [0.1, 0.15) is 12.1 Å². The van der Waals surface area contributed by atoms with Crippen molar-refractivity contribution in [2.24, 2.45) is 0 Å². The zero-order chi connectivity index (χ0) is 8.91. The molecule has 0 saturated heterocycles. The SMILES string of the molecule is CC(=O)CC=O.FC1(F)CC1. The van der Waals surface area contributed by atoms with Crippen LogP contribution in [-0.4, -0.2) is 18.0 Å². The molecular formula is C7H10F2O2. The molecule has 0 aromatic rings. The Kier molecular flexibility index (Phi) is 3.85. The first-order chi connectivity index (χ1) is 4.98. The lowest BCUT2D eigenvalue weighted by Crippen LogP contribution is -1.87. The molecule has 0 bridgehead atoms. The van der Waals surface area contributed by atoms with Crippen molar-refractivity contribution in [1.82, 2.24) is 0 Å². The first kappa shape index (κ1) is 10.2. The topological polar surface area (TPSA) is 34.1 Å². The molecule has 0 spiro atoms. The van der Waals surface area contributed by atoms with Gasteiger partial charge in [-0.25, -0.2) is 8.78 Å². The molecule has 0 radical (unpaired) electrons. The van der Waals surface area contributed by atoms with Crippen LogP contribution in [0.25, 0.3) is 0 Å². The summed E-state index contributed by atoms with van der Waals surface area (Å²) >= 11 is 0. The Hall–Kier alpha value is -0.800. The van der Waals surface area contributed by atoms with E-state index in [9.17, 15) is 18.4 Å². The van der Waals surface area contributed by atoms with Gasteiger partial charge in [-0.2, -0.15) is 0 Å². The Morgan fingerprint density at radius 2 is 1.91 bits per heavy atom. The normalized spacial score (nSPS) is 17.7. The molecule has 4 heteroatoms. The minimum absolute atomic E-state index is 0.0556. The highest BCUT2D eigenvalue weighted by atomic mass is 19.3. The molecule has 2 nitrogen and oxygen atoms in total. The van der Waals surface area contributed by atoms with Crippen molar-refractivity contribution in [3.63, 3.8) is 0 Å². The smallest absolute Gasteiger partial charge is 0.248 e. The fourth-order valence-electron chi connectivity index (χ4n) is 0.212. The van der Waals surface area contributed by atoms with Gasteiger partial charge in [-0.05, 0) is 6.92 Å². The number of aldehydes is 1. The second-order valence-electron chi connectivity index (χ2n) is 2.43. The highest BCUT2D eigenvalue weighted by Crippen LogP contribution is 2.40. The van der Waals surface area contributed by atoms with Crippen LogP contribution >= 0.6 is 0 Å². The molecule has 0 aliphatic heterocycles. The van der Waals surface area contributed by atoms with Crippen LogP contribution in [0.4, 0.5) is 8.78 Å². The molecule has 0 aromatic carbocycles. The van der Waals surface area contributed by atoms with Crippen LogP contribution in [0.1, 0.15) is 26.2 Å². The average Bonchev–Trinajstić information content (AvgIpc) is 2.47. The number of carbonyl (C=O) groups is 2. The summed E-state index contributed by atoms with van der Waals surface area (Å²) in [6.45, 7) is 1.38. The largest absolute Gasteiger partial charge is 0.303 e. The van der Waals surface area contributed by atoms with Gasteiger partial charge in [-0.15, -0.1) is 0 Å². The Bertz CT molecular complexity index is 149. The van der Waals surface area contributed by atoms with Crippen LogP contribution in [0.5, 0.6) is 0 Å². The van der Waals surface area contributed by atoms with Crippen molar-refractivity contribution in [2.75, 3.05) is 0 Å². The second-order valence-corrected chi connectivity index (χ2v) is 2.43. The highest BCUT2D eigenvalue weighted by molar-refractivity contribution is 5.87. The maximum Gasteiger partial charge on any atom is 0.248 e. The second kappa shape index (κ2) is 4.16. The molecule has 0 atom stereocenters. The van der Waals surface area contributed by atoms with Crippen molar-refractivity contribution >= 4 is 12.1 Å². The Labute approximate surface area is 63.6 Å². The lowest BCUT2D eigenvalue weighted by Gasteiger charge is -1.76. The van der Waals surface area contributed by atoms with E-state index in [-0.39, 0.29) is 25.0 Å². The van der Waals surface area contributed by atoms with E-state index in [2.05, 4.69) is 0 Å². The molecule has 0 unspecified atom stereocenters. The van der Waals surface area contributed by atoms with Crippen molar-refractivity contribution in [3.05, 3.63) is 0 Å². The summed E-state index contributed by atoms with van der Waals surface area (Å²) in [7, 11) is 0. The molecule has 1 aliphatic carbocycles. The number of hydrogen-bond acceptors (Lipinski definition) is 2. The van der Waals surface area contributed by atoms with E-state index in [1.165, 1.54) is 6.92 Å². The Morgan fingerprint density at radius 3 is 1.91 bits per heavy atom. The molecule has 1 saturated carbocycles. The maximum atomic E-state index is 11.1. The van der Waals surface area contributed by atoms with Crippen LogP contribution in [-0.2, 0) is 9.59 Å². The van der Waals surface area contributed by atoms with Gasteiger partial charge < -0.3 is 4.79 Å². The first-order valence-electron chi connectivity index (χ1n) is 3.29. The molecule has 0 aromatic heterocycles. The molecule has 1 fully saturated rings. The standard InChI is InChI=1S/C4H6O2.C3H4F2/c1-4(6)2-3-5;4-3(5)1-2-3/h3H,2H2,1H3;1-2H2. The molecule has 1 rings (SSSR count). The number of alkyl halides is 2. The Morgan fingerprint density at radius 1 is 1.55 bits per heavy atom. The summed E-state index contributed by atoms with van der Waals surface area (Å²) in [5, 5.41) is 0. The quantitative estimate of drug-likeness (QED) is 0.458. The summed E-state index contributed by atoms with van der Waals surface area (Å²) in [6, 6.07) is 0. The van der Waals surface area contributed by atoms with Crippen molar-refractivity contribution < 1.29 is 18.4 Å². The molecule has 1 aliphatic rings. The number of halogens is 2. The van der Waals surface area contributed by atoms with Crippen molar-refractivity contribution in [3.8, 4) is 0 Å². The maximum absolute atomic E-state index is 11.1. The molecule has 0 amide bonds. The number of Topliss-reactive ketones (excluding diaryl/α,β-unsaturated/α-hetero) is 1. The zero-order valence-electron chi connectivity index (χ0n) is 6.27. The van der Waals surface area contributed by atoms with Gasteiger partial charge in [0.2, 0.25) is 5.92 Å². The molecule has 64 valence electrons. The zero-order valence-corrected chi connectivity index (χ0v) is 6.27. The summed E-state index contributed by atoms with van der Waals surface area (Å²) in [5.74, 6) is -2.33. The number of carbonyl (C=O) groups excluding carboxylic acids is 2. The third-order valence-electron chi connectivity index (χ3n) is 0.999. The summed E-state index contributed by atoms with van der Waals surface area (Å²) in [4.78, 5) is 19.2. The summed E-state index contributed by atoms with van der Waals surface area (Å²) in [5.41, 5.74) is 0. The number of rotatable bonds is 2.